The van der Waals surface area contributed by atoms with Crippen LogP contribution in [0.1, 0.15) is 32.3 Å². The summed E-state index contributed by atoms with van der Waals surface area (Å²) in [5.41, 5.74) is 1.90. The molecule has 2 aliphatic rings. The van der Waals surface area contributed by atoms with E-state index in [2.05, 4.69) is 10.6 Å². The van der Waals surface area contributed by atoms with Crippen molar-refractivity contribution in [1.29, 1.82) is 0 Å². The molecular weight excluding hydrogens is 500 g/mol. The van der Waals surface area contributed by atoms with Gasteiger partial charge >= 0.3 is 6.03 Å². The van der Waals surface area contributed by atoms with Crippen molar-refractivity contribution in [1.82, 2.24) is 9.80 Å². The number of aliphatic hydroxyl groups excluding tert-OH is 1. The second-order valence-electron chi connectivity index (χ2n) is 10.5. The first-order valence-corrected chi connectivity index (χ1v) is 13.4. The van der Waals surface area contributed by atoms with Crippen molar-refractivity contribution in [2.45, 2.75) is 45.3 Å². The molecule has 1 aliphatic carbocycles. The first kappa shape index (κ1) is 28.2. The molecule has 10 nitrogen and oxygen atoms in total. The minimum Gasteiger partial charge on any atom is -0.497 e. The molecule has 210 valence electrons. The van der Waals surface area contributed by atoms with Crippen LogP contribution in [-0.4, -0.2) is 78.8 Å². The molecule has 0 unspecified atom stereocenters. The van der Waals surface area contributed by atoms with Crippen molar-refractivity contribution in [2.75, 3.05) is 44.5 Å². The van der Waals surface area contributed by atoms with Gasteiger partial charge in [0, 0.05) is 42.4 Å². The lowest BCUT2D eigenvalue weighted by atomic mass is 10.0. The molecule has 0 aromatic heterocycles. The number of aliphatic hydroxyl groups is 1. The van der Waals surface area contributed by atoms with Crippen molar-refractivity contribution >= 4 is 29.2 Å². The van der Waals surface area contributed by atoms with Crippen molar-refractivity contribution in [2.24, 2.45) is 11.8 Å². The number of rotatable bonds is 8. The van der Waals surface area contributed by atoms with Gasteiger partial charge in [-0.2, -0.15) is 0 Å². The molecule has 0 radical (unpaired) electrons. The lowest BCUT2D eigenvalue weighted by Gasteiger charge is -2.34. The summed E-state index contributed by atoms with van der Waals surface area (Å²) in [6, 6.07) is 11.7. The molecule has 0 bridgehead atoms. The number of carbonyl (C=O) groups is 3. The lowest BCUT2D eigenvalue weighted by Crippen LogP contribution is -2.48. The number of fused-ring (bicyclic) bond motifs is 1. The standard InChI is InChI=1S/C29H38N4O6/c1-18-15-33(19(2)17-34)27(35)14-21-13-23(30-28(36)20-5-6-20)9-12-25(21)39-26(18)16-32(3)29(37)31-22-7-10-24(38-4)11-8-22/h7-13,18-20,26,34H,5-6,14-17H2,1-4H3,(H,30,36)(H,31,37)/t18-,19-,26-/m1/s1. The second-order valence-corrected chi connectivity index (χ2v) is 10.5. The number of benzene rings is 2. The highest BCUT2D eigenvalue weighted by Crippen LogP contribution is 2.32. The Morgan fingerprint density at radius 2 is 1.85 bits per heavy atom. The molecular formula is C29H38N4O6. The summed E-state index contributed by atoms with van der Waals surface area (Å²) in [5.74, 6) is 0.978. The van der Waals surface area contributed by atoms with E-state index in [0.717, 1.165) is 12.8 Å². The second kappa shape index (κ2) is 12.4. The highest BCUT2D eigenvalue weighted by Gasteiger charge is 2.33. The van der Waals surface area contributed by atoms with E-state index in [1.807, 2.05) is 6.92 Å². The maximum atomic E-state index is 13.4. The van der Waals surface area contributed by atoms with Gasteiger partial charge in [0.05, 0.1) is 32.7 Å². The van der Waals surface area contributed by atoms with E-state index in [-0.39, 0.29) is 55.3 Å². The molecule has 3 atom stereocenters. The van der Waals surface area contributed by atoms with Crippen LogP contribution in [0.5, 0.6) is 11.5 Å². The summed E-state index contributed by atoms with van der Waals surface area (Å²) >= 11 is 0. The number of carbonyl (C=O) groups excluding carboxylic acids is 3. The highest BCUT2D eigenvalue weighted by atomic mass is 16.5. The van der Waals surface area contributed by atoms with Gasteiger partial charge in [-0.3, -0.25) is 9.59 Å². The van der Waals surface area contributed by atoms with Gasteiger partial charge < -0.3 is 35.0 Å². The molecule has 39 heavy (non-hydrogen) atoms. The summed E-state index contributed by atoms with van der Waals surface area (Å²) in [4.78, 5) is 41.9. The van der Waals surface area contributed by atoms with Crippen LogP contribution in [0.4, 0.5) is 16.2 Å². The third-order valence-corrected chi connectivity index (χ3v) is 7.27. The van der Waals surface area contributed by atoms with Crippen LogP contribution in [0.3, 0.4) is 0 Å². The Morgan fingerprint density at radius 3 is 2.49 bits per heavy atom. The third-order valence-electron chi connectivity index (χ3n) is 7.27. The lowest BCUT2D eigenvalue weighted by molar-refractivity contribution is -0.134. The fourth-order valence-corrected chi connectivity index (χ4v) is 4.56. The maximum Gasteiger partial charge on any atom is 0.321 e. The molecule has 2 aromatic rings. The molecule has 0 saturated heterocycles. The van der Waals surface area contributed by atoms with Crippen LogP contribution < -0.4 is 20.1 Å². The minimum atomic E-state index is -0.443. The molecule has 10 heteroatoms. The van der Waals surface area contributed by atoms with Crippen LogP contribution in [-0.2, 0) is 16.0 Å². The fraction of sp³-hybridized carbons (Fsp3) is 0.483. The number of ether oxygens (including phenoxy) is 2. The number of anilines is 2. The number of nitrogens with one attached hydrogen (secondary N) is 2. The Morgan fingerprint density at radius 1 is 1.15 bits per heavy atom. The van der Waals surface area contributed by atoms with Crippen LogP contribution in [0.25, 0.3) is 0 Å². The first-order valence-electron chi connectivity index (χ1n) is 13.4. The van der Waals surface area contributed by atoms with Crippen molar-refractivity contribution in [3.63, 3.8) is 0 Å². The van der Waals surface area contributed by atoms with E-state index in [4.69, 9.17) is 9.47 Å². The number of likely N-dealkylation sites (N-methyl/N-ethyl adjacent to an activating group) is 1. The van der Waals surface area contributed by atoms with Crippen LogP contribution >= 0.6 is 0 Å². The van der Waals surface area contributed by atoms with Crippen LogP contribution in [0, 0.1) is 11.8 Å². The number of hydrogen-bond donors (Lipinski definition) is 3. The number of amides is 4. The Balaban J connectivity index is 1.55. The monoisotopic (exact) mass is 538 g/mol. The topological polar surface area (TPSA) is 120 Å². The zero-order valence-electron chi connectivity index (χ0n) is 23.0. The summed E-state index contributed by atoms with van der Waals surface area (Å²) < 4.78 is 11.6. The van der Waals surface area contributed by atoms with Gasteiger partial charge in [0.2, 0.25) is 11.8 Å². The van der Waals surface area contributed by atoms with Gasteiger partial charge in [-0.15, -0.1) is 0 Å². The molecule has 3 N–H and O–H groups in total. The van der Waals surface area contributed by atoms with E-state index < -0.39 is 6.10 Å². The Labute approximate surface area is 229 Å². The van der Waals surface area contributed by atoms with Gasteiger partial charge in [0.1, 0.15) is 17.6 Å². The Hall–Kier alpha value is -3.79. The fourth-order valence-electron chi connectivity index (χ4n) is 4.56. The average molecular weight is 539 g/mol. The highest BCUT2D eigenvalue weighted by molar-refractivity contribution is 5.94. The largest absolute Gasteiger partial charge is 0.497 e. The van der Waals surface area contributed by atoms with E-state index in [9.17, 15) is 19.5 Å². The quantitative estimate of drug-likeness (QED) is 0.474. The molecule has 1 saturated carbocycles. The van der Waals surface area contributed by atoms with E-state index >= 15 is 0 Å². The van der Waals surface area contributed by atoms with Gasteiger partial charge in [0.15, 0.2) is 0 Å². The van der Waals surface area contributed by atoms with Crippen molar-refractivity contribution in [3.05, 3.63) is 48.0 Å². The predicted octanol–water partition coefficient (Wildman–Crippen LogP) is 3.36. The van der Waals surface area contributed by atoms with Gasteiger partial charge in [-0.05, 0) is 62.2 Å². The van der Waals surface area contributed by atoms with Gasteiger partial charge in [-0.1, -0.05) is 6.92 Å². The summed E-state index contributed by atoms with van der Waals surface area (Å²) in [6.07, 6.45) is 1.42. The first-order chi connectivity index (χ1) is 18.7. The smallest absolute Gasteiger partial charge is 0.321 e. The predicted molar refractivity (Wildman–Crippen MR) is 148 cm³/mol. The molecule has 0 spiro atoms. The van der Waals surface area contributed by atoms with Gasteiger partial charge in [-0.25, -0.2) is 4.79 Å². The molecule has 4 amide bonds. The normalized spacial score (nSPS) is 19.9. The molecule has 1 aliphatic heterocycles. The summed E-state index contributed by atoms with van der Waals surface area (Å²) in [6.45, 7) is 4.23. The van der Waals surface area contributed by atoms with E-state index in [1.54, 1.807) is 73.3 Å². The Bertz CT molecular complexity index is 1180. The average Bonchev–Trinajstić information content (AvgIpc) is 3.77. The number of nitrogens with zero attached hydrogens (tertiary/aromatic N) is 2. The van der Waals surface area contributed by atoms with E-state index in [1.165, 1.54) is 0 Å². The van der Waals surface area contributed by atoms with Gasteiger partial charge in [0.25, 0.3) is 0 Å². The minimum absolute atomic E-state index is 0.0169. The van der Waals surface area contributed by atoms with Crippen molar-refractivity contribution < 1.29 is 29.0 Å². The number of hydrogen-bond acceptors (Lipinski definition) is 6. The Kier molecular flexibility index (Phi) is 8.96. The maximum absolute atomic E-state index is 13.4. The molecule has 4 rings (SSSR count). The third kappa shape index (κ3) is 7.20. The summed E-state index contributed by atoms with van der Waals surface area (Å²) in [7, 11) is 3.27. The summed E-state index contributed by atoms with van der Waals surface area (Å²) in [5, 5.41) is 15.6. The van der Waals surface area contributed by atoms with Crippen LogP contribution in [0.2, 0.25) is 0 Å². The molecule has 1 fully saturated rings. The van der Waals surface area contributed by atoms with Crippen LogP contribution in [0.15, 0.2) is 42.5 Å². The molecule has 2 aromatic carbocycles. The zero-order chi connectivity index (χ0) is 28.1. The number of methoxy groups -OCH3 is 1. The van der Waals surface area contributed by atoms with E-state index in [0.29, 0.717) is 35.0 Å². The molecule has 1 heterocycles. The zero-order valence-corrected chi connectivity index (χ0v) is 23.0. The SMILES string of the molecule is COc1ccc(NC(=O)N(C)C[C@H]2Oc3ccc(NC(=O)C4CC4)cc3CC(=O)N([C@H](C)CO)C[C@H]2C)cc1. The van der Waals surface area contributed by atoms with Crippen molar-refractivity contribution in [3.8, 4) is 11.5 Å². The number of urea groups is 1.